The van der Waals surface area contributed by atoms with Gasteiger partial charge >= 0.3 is 0 Å². The van der Waals surface area contributed by atoms with Gasteiger partial charge in [0.15, 0.2) is 0 Å². The van der Waals surface area contributed by atoms with Crippen molar-refractivity contribution in [2.45, 2.75) is 12.3 Å². The van der Waals surface area contributed by atoms with Crippen LogP contribution in [0.5, 0.6) is 5.75 Å². The van der Waals surface area contributed by atoms with Crippen LogP contribution in [0.1, 0.15) is 18.2 Å². The van der Waals surface area contributed by atoms with Crippen LogP contribution in [0.2, 0.25) is 0 Å². The second kappa shape index (κ2) is 6.04. The molecule has 1 saturated heterocycles. The van der Waals surface area contributed by atoms with E-state index in [9.17, 15) is 0 Å². The van der Waals surface area contributed by atoms with Crippen LogP contribution in [0.4, 0.5) is 0 Å². The lowest BCUT2D eigenvalue weighted by Gasteiger charge is -2.03. The largest absolute Gasteiger partial charge is 0.496 e. The first-order valence-corrected chi connectivity index (χ1v) is 6.06. The third-order valence-corrected chi connectivity index (χ3v) is 3.20. The van der Waals surface area contributed by atoms with E-state index < -0.39 is 0 Å². The average molecular weight is 282 g/mol. The van der Waals surface area contributed by atoms with Gasteiger partial charge in [-0.15, -0.1) is 12.4 Å². The van der Waals surface area contributed by atoms with E-state index in [0.29, 0.717) is 17.6 Å². The minimum Gasteiger partial charge on any atom is -0.496 e. The summed E-state index contributed by atoms with van der Waals surface area (Å²) in [6.45, 7) is 1.92. The summed E-state index contributed by atoms with van der Waals surface area (Å²) in [5, 5.41) is 7.34. The van der Waals surface area contributed by atoms with Crippen LogP contribution in [0, 0.1) is 0 Å². The number of methoxy groups -OCH3 is 1. The summed E-state index contributed by atoms with van der Waals surface area (Å²) < 4.78 is 10.6. The number of halogens is 1. The van der Waals surface area contributed by atoms with Crippen molar-refractivity contribution in [3.05, 3.63) is 30.2 Å². The van der Waals surface area contributed by atoms with Gasteiger partial charge in [0.2, 0.25) is 11.7 Å². The van der Waals surface area contributed by atoms with Gasteiger partial charge in [0.1, 0.15) is 5.75 Å². The maximum Gasteiger partial charge on any atom is 0.231 e. The van der Waals surface area contributed by atoms with Gasteiger partial charge in [0.05, 0.1) is 18.6 Å². The topological polar surface area (TPSA) is 60.2 Å². The minimum absolute atomic E-state index is 0. The molecule has 0 amide bonds. The molecule has 6 heteroatoms. The normalized spacial score (nSPS) is 18.1. The van der Waals surface area contributed by atoms with E-state index in [2.05, 4.69) is 15.5 Å². The van der Waals surface area contributed by atoms with E-state index in [1.54, 1.807) is 7.11 Å². The summed E-state index contributed by atoms with van der Waals surface area (Å²) in [6, 6.07) is 7.68. The van der Waals surface area contributed by atoms with Crippen molar-refractivity contribution in [3.8, 4) is 17.1 Å². The third-order valence-electron chi connectivity index (χ3n) is 3.20. The van der Waals surface area contributed by atoms with Crippen molar-refractivity contribution in [1.29, 1.82) is 0 Å². The molecule has 1 fully saturated rings. The van der Waals surface area contributed by atoms with Crippen LogP contribution in [-0.4, -0.2) is 30.3 Å². The summed E-state index contributed by atoms with van der Waals surface area (Å²) in [4.78, 5) is 4.47. The minimum atomic E-state index is 0. The number of aromatic nitrogens is 2. The van der Waals surface area contributed by atoms with Gasteiger partial charge in [-0.1, -0.05) is 17.3 Å². The standard InChI is InChI=1S/C13H15N3O2.ClH/c1-17-11-5-3-2-4-10(11)12-15-13(18-16-12)9-6-7-14-8-9;/h2-5,9,14H,6-8H2,1H3;1H/t9-;/m1./s1. The molecule has 19 heavy (non-hydrogen) atoms. The summed E-state index contributed by atoms with van der Waals surface area (Å²) in [5.74, 6) is 2.39. The van der Waals surface area contributed by atoms with Crippen molar-refractivity contribution >= 4 is 12.4 Å². The molecule has 2 heterocycles. The van der Waals surface area contributed by atoms with Crippen molar-refractivity contribution in [2.24, 2.45) is 0 Å². The lowest BCUT2D eigenvalue weighted by atomic mass is 10.1. The predicted molar refractivity (Wildman–Crippen MR) is 73.8 cm³/mol. The van der Waals surface area contributed by atoms with Gasteiger partial charge in [0.25, 0.3) is 0 Å². The van der Waals surface area contributed by atoms with E-state index >= 15 is 0 Å². The van der Waals surface area contributed by atoms with Crippen LogP contribution in [0.15, 0.2) is 28.8 Å². The number of nitrogens with one attached hydrogen (secondary N) is 1. The molecular weight excluding hydrogens is 266 g/mol. The maximum absolute atomic E-state index is 5.35. The lowest BCUT2D eigenvalue weighted by molar-refractivity contribution is 0.359. The first kappa shape index (κ1) is 13.8. The number of ether oxygens (including phenoxy) is 1. The highest BCUT2D eigenvalue weighted by molar-refractivity contribution is 5.85. The van der Waals surface area contributed by atoms with Crippen LogP contribution >= 0.6 is 12.4 Å². The Morgan fingerprint density at radius 2 is 2.21 bits per heavy atom. The van der Waals surface area contributed by atoms with E-state index in [4.69, 9.17) is 9.26 Å². The number of rotatable bonds is 3. The number of hydrogen-bond acceptors (Lipinski definition) is 5. The Balaban J connectivity index is 0.00000133. The fourth-order valence-electron chi connectivity index (χ4n) is 2.21. The molecule has 0 radical (unpaired) electrons. The highest BCUT2D eigenvalue weighted by Crippen LogP contribution is 2.29. The highest BCUT2D eigenvalue weighted by atomic mass is 35.5. The molecule has 1 N–H and O–H groups in total. The zero-order valence-electron chi connectivity index (χ0n) is 10.6. The van der Waals surface area contributed by atoms with E-state index in [-0.39, 0.29) is 12.4 Å². The molecule has 3 rings (SSSR count). The Morgan fingerprint density at radius 3 is 2.95 bits per heavy atom. The second-order valence-electron chi connectivity index (χ2n) is 4.35. The molecule has 0 saturated carbocycles. The zero-order chi connectivity index (χ0) is 12.4. The molecule has 2 aromatic rings. The van der Waals surface area contributed by atoms with Crippen LogP contribution in [-0.2, 0) is 0 Å². The molecule has 0 bridgehead atoms. The SMILES string of the molecule is COc1ccccc1-c1noc([C@@H]2CCNC2)n1.Cl. The first-order valence-electron chi connectivity index (χ1n) is 6.06. The predicted octanol–water partition coefficient (Wildman–Crippen LogP) is 2.24. The lowest BCUT2D eigenvalue weighted by Crippen LogP contribution is -2.08. The summed E-state index contributed by atoms with van der Waals surface area (Å²) >= 11 is 0. The summed E-state index contributed by atoms with van der Waals surface area (Å²) in [5.41, 5.74) is 0.862. The Hall–Kier alpha value is -1.59. The monoisotopic (exact) mass is 281 g/mol. The van der Waals surface area contributed by atoms with Crippen LogP contribution < -0.4 is 10.1 Å². The molecular formula is C13H16ClN3O2. The van der Waals surface area contributed by atoms with Crippen molar-refractivity contribution in [2.75, 3.05) is 20.2 Å². The van der Waals surface area contributed by atoms with Crippen molar-refractivity contribution < 1.29 is 9.26 Å². The number of para-hydroxylation sites is 1. The number of nitrogens with zero attached hydrogens (tertiary/aromatic N) is 2. The zero-order valence-corrected chi connectivity index (χ0v) is 11.4. The van der Waals surface area contributed by atoms with E-state index in [1.165, 1.54) is 0 Å². The van der Waals surface area contributed by atoms with E-state index in [1.807, 2.05) is 24.3 Å². The molecule has 1 aliphatic heterocycles. The first-order chi connectivity index (χ1) is 8.88. The Labute approximate surface area is 117 Å². The molecule has 1 atom stereocenters. The van der Waals surface area contributed by atoms with Gasteiger partial charge in [0, 0.05) is 6.54 Å². The van der Waals surface area contributed by atoms with Crippen molar-refractivity contribution in [1.82, 2.24) is 15.5 Å². The summed E-state index contributed by atoms with van der Waals surface area (Å²) in [6.07, 6.45) is 1.05. The molecule has 5 nitrogen and oxygen atoms in total. The fraction of sp³-hybridized carbons (Fsp3) is 0.385. The van der Waals surface area contributed by atoms with Gasteiger partial charge in [-0.3, -0.25) is 0 Å². The number of hydrogen-bond donors (Lipinski definition) is 1. The Bertz CT molecular complexity index is 538. The summed E-state index contributed by atoms with van der Waals surface area (Å²) in [7, 11) is 1.64. The van der Waals surface area contributed by atoms with Crippen LogP contribution in [0.3, 0.4) is 0 Å². The maximum atomic E-state index is 5.35. The second-order valence-corrected chi connectivity index (χ2v) is 4.35. The molecule has 0 unspecified atom stereocenters. The van der Waals surface area contributed by atoms with Gasteiger partial charge in [-0.05, 0) is 25.1 Å². The van der Waals surface area contributed by atoms with Gasteiger partial charge in [-0.2, -0.15) is 4.98 Å². The molecule has 102 valence electrons. The molecule has 0 spiro atoms. The molecule has 0 aliphatic carbocycles. The number of benzene rings is 1. The quantitative estimate of drug-likeness (QED) is 0.935. The molecule has 1 aromatic carbocycles. The average Bonchev–Trinajstić information content (AvgIpc) is 3.09. The van der Waals surface area contributed by atoms with Crippen molar-refractivity contribution in [3.63, 3.8) is 0 Å². The molecule has 1 aromatic heterocycles. The highest BCUT2D eigenvalue weighted by Gasteiger charge is 2.23. The van der Waals surface area contributed by atoms with Gasteiger partial charge < -0.3 is 14.6 Å². The van der Waals surface area contributed by atoms with E-state index in [0.717, 1.165) is 30.8 Å². The van der Waals surface area contributed by atoms with Crippen LogP contribution in [0.25, 0.3) is 11.4 Å². The fourth-order valence-corrected chi connectivity index (χ4v) is 2.21. The molecule has 1 aliphatic rings. The Morgan fingerprint density at radius 1 is 1.37 bits per heavy atom. The van der Waals surface area contributed by atoms with Gasteiger partial charge in [-0.25, -0.2) is 0 Å². The smallest absolute Gasteiger partial charge is 0.231 e. The Kier molecular flexibility index (Phi) is 4.39. The third kappa shape index (κ3) is 2.72.